The predicted octanol–water partition coefficient (Wildman–Crippen LogP) is 6.86. The third kappa shape index (κ3) is 3.45. The minimum atomic E-state index is -0.419. The van der Waals surface area contributed by atoms with Gasteiger partial charge < -0.3 is 4.74 Å². The van der Waals surface area contributed by atoms with E-state index in [1.54, 1.807) is 19.2 Å². The molecule has 0 saturated heterocycles. The zero-order valence-corrected chi connectivity index (χ0v) is 15.7. The van der Waals surface area contributed by atoms with Crippen LogP contribution < -0.4 is 4.74 Å². The predicted molar refractivity (Wildman–Crippen MR) is 92.6 cm³/mol. The summed E-state index contributed by atoms with van der Waals surface area (Å²) >= 11 is 25.9. The van der Waals surface area contributed by atoms with Crippen molar-refractivity contribution in [3.05, 3.63) is 60.4 Å². The second-order valence-electron chi connectivity index (χ2n) is 4.04. The molecule has 0 heterocycles. The molecule has 0 spiro atoms. The van der Waals surface area contributed by atoms with Gasteiger partial charge in [0.2, 0.25) is 0 Å². The molecule has 1 unspecified atom stereocenters. The second kappa shape index (κ2) is 6.89. The monoisotopic (exact) mass is 456 g/mol. The number of rotatable bonds is 3. The van der Waals surface area contributed by atoms with Gasteiger partial charge in [0.15, 0.2) is 0 Å². The summed E-state index contributed by atoms with van der Waals surface area (Å²) in [4.78, 5) is 0. The molecule has 2 rings (SSSR count). The first-order chi connectivity index (χ1) is 9.43. The quantitative estimate of drug-likeness (QED) is 0.456. The van der Waals surface area contributed by atoms with Gasteiger partial charge in [-0.2, -0.15) is 0 Å². The molecule has 0 aromatic heterocycles. The Morgan fingerprint density at radius 2 is 1.70 bits per heavy atom. The van der Waals surface area contributed by atoms with Gasteiger partial charge in [0.25, 0.3) is 0 Å². The molecule has 0 radical (unpaired) electrons. The van der Waals surface area contributed by atoms with Crippen LogP contribution >= 0.6 is 66.7 Å². The van der Waals surface area contributed by atoms with E-state index in [0.717, 1.165) is 20.1 Å². The highest BCUT2D eigenvalue weighted by Crippen LogP contribution is 2.41. The second-order valence-corrected chi connectivity index (χ2v) is 7.06. The van der Waals surface area contributed by atoms with Gasteiger partial charge >= 0.3 is 0 Å². The smallest absolute Gasteiger partial charge is 0.138 e. The molecule has 0 fully saturated rings. The van der Waals surface area contributed by atoms with Crippen molar-refractivity contribution in [3.63, 3.8) is 0 Å². The summed E-state index contributed by atoms with van der Waals surface area (Å²) in [5, 5.41) is 0.569. The summed E-state index contributed by atoms with van der Waals surface area (Å²) in [6, 6.07) is 9.19. The fourth-order valence-corrected chi connectivity index (χ4v) is 3.69. The number of ether oxygens (including phenoxy) is 1. The van der Waals surface area contributed by atoms with Gasteiger partial charge in [0.1, 0.15) is 5.75 Å². The van der Waals surface area contributed by atoms with Gasteiger partial charge in [-0.25, -0.2) is 0 Å². The van der Waals surface area contributed by atoms with Gasteiger partial charge in [-0.15, -0.1) is 11.6 Å². The van der Waals surface area contributed by atoms with Crippen molar-refractivity contribution in [1.82, 2.24) is 0 Å². The molecule has 20 heavy (non-hydrogen) atoms. The van der Waals surface area contributed by atoms with Gasteiger partial charge in [-0.3, -0.25) is 0 Å². The first kappa shape index (κ1) is 16.4. The van der Waals surface area contributed by atoms with E-state index in [2.05, 4.69) is 31.9 Å². The van der Waals surface area contributed by atoms with Gasteiger partial charge in [-0.1, -0.05) is 55.1 Å². The standard InChI is InChI=1S/C14H9Br2Cl3O/c1-20-13-6-11(17)9(5-12(13)18)14(19)8-4-7(15)2-3-10(8)16/h2-6,14H,1H3. The van der Waals surface area contributed by atoms with Crippen molar-refractivity contribution in [1.29, 1.82) is 0 Å². The van der Waals surface area contributed by atoms with E-state index in [1.807, 2.05) is 18.2 Å². The Balaban J connectivity index is 2.50. The van der Waals surface area contributed by atoms with Gasteiger partial charge in [0, 0.05) is 20.0 Å². The van der Waals surface area contributed by atoms with Crippen LogP contribution in [-0.2, 0) is 0 Å². The zero-order valence-electron chi connectivity index (χ0n) is 10.3. The number of hydrogen-bond acceptors (Lipinski definition) is 1. The Morgan fingerprint density at radius 1 is 1.00 bits per heavy atom. The van der Waals surface area contributed by atoms with Gasteiger partial charge in [0.05, 0.1) is 17.5 Å². The molecule has 0 aliphatic rings. The van der Waals surface area contributed by atoms with E-state index in [4.69, 9.17) is 39.5 Å². The normalized spacial score (nSPS) is 12.3. The van der Waals surface area contributed by atoms with Crippen molar-refractivity contribution in [2.45, 2.75) is 5.38 Å². The van der Waals surface area contributed by atoms with Crippen LogP contribution in [0.4, 0.5) is 0 Å². The van der Waals surface area contributed by atoms with E-state index >= 15 is 0 Å². The fraction of sp³-hybridized carbons (Fsp3) is 0.143. The molecule has 0 N–H and O–H groups in total. The Bertz CT molecular complexity index is 647. The van der Waals surface area contributed by atoms with Crippen molar-refractivity contribution in [2.24, 2.45) is 0 Å². The summed E-state index contributed by atoms with van der Waals surface area (Å²) < 4.78 is 6.98. The molecule has 0 amide bonds. The average Bonchev–Trinajstić information content (AvgIpc) is 2.42. The molecule has 0 saturated carbocycles. The van der Waals surface area contributed by atoms with Crippen LogP contribution in [-0.4, -0.2) is 7.11 Å². The zero-order chi connectivity index (χ0) is 14.9. The summed E-state index contributed by atoms with van der Waals surface area (Å²) in [6.07, 6.45) is 0. The molecule has 1 nitrogen and oxygen atoms in total. The highest BCUT2D eigenvalue weighted by Gasteiger charge is 2.19. The molecule has 1 atom stereocenters. The number of alkyl halides is 1. The lowest BCUT2D eigenvalue weighted by molar-refractivity contribution is 0.415. The SMILES string of the molecule is COc1cc(Cl)c(C(Cl)c2cc(Br)ccc2Br)cc1Cl. The highest BCUT2D eigenvalue weighted by atomic mass is 79.9. The summed E-state index contributed by atoms with van der Waals surface area (Å²) in [6.45, 7) is 0. The van der Waals surface area contributed by atoms with E-state index < -0.39 is 5.38 Å². The molecule has 0 bridgehead atoms. The Hall–Kier alpha value is 0.0700. The number of hydrogen-bond donors (Lipinski definition) is 0. The lowest BCUT2D eigenvalue weighted by atomic mass is 10.0. The first-order valence-corrected chi connectivity index (χ1v) is 8.33. The van der Waals surface area contributed by atoms with Crippen LogP contribution in [0.5, 0.6) is 5.75 Å². The van der Waals surface area contributed by atoms with Crippen LogP contribution in [0, 0.1) is 0 Å². The third-order valence-corrected chi connectivity index (χ3v) is 5.08. The average molecular weight is 459 g/mol. The van der Waals surface area contributed by atoms with E-state index in [0.29, 0.717) is 15.8 Å². The molecule has 2 aromatic carbocycles. The lowest BCUT2D eigenvalue weighted by Gasteiger charge is -2.16. The molecular weight excluding hydrogens is 450 g/mol. The number of methoxy groups -OCH3 is 1. The summed E-state index contributed by atoms with van der Waals surface area (Å²) in [5.41, 5.74) is 1.64. The maximum atomic E-state index is 6.55. The maximum absolute atomic E-state index is 6.55. The van der Waals surface area contributed by atoms with Gasteiger partial charge in [-0.05, 0) is 35.4 Å². The Morgan fingerprint density at radius 3 is 2.35 bits per heavy atom. The first-order valence-electron chi connectivity index (χ1n) is 5.56. The topological polar surface area (TPSA) is 9.23 Å². The van der Waals surface area contributed by atoms with E-state index in [-0.39, 0.29) is 0 Å². The van der Waals surface area contributed by atoms with Crippen molar-refractivity contribution in [2.75, 3.05) is 7.11 Å². The number of halogens is 5. The summed E-state index contributed by atoms with van der Waals surface area (Å²) in [5.74, 6) is 0.526. The van der Waals surface area contributed by atoms with Crippen molar-refractivity contribution >= 4 is 66.7 Å². The highest BCUT2D eigenvalue weighted by molar-refractivity contribution is 9.11. The number of benzene rings is 2. The van der Waals surface area contributed by atoms with E-state index in [9.17, 15) is 0 Å². The fourth-order valence-electron chi connectivity index (χ4n) is 1.77. The lowest BCUT2D eigenvalue weighted by Crippen LogP contribution is -1.97. The molecule has 106 valence electrons. The van der Waals surface area contributed by atoms with Crippen LogP contribution in [0.25, 0.3) is 0 Å². The van der Waals surface area contributed by atoms with Crippen molar-refractivity contribution < 1.29 is 4.74 Å². The molecule has 6 heteroatoms. The molecule has 2 aromatic rings. The van der Waals surface area contributed by atoms with E-state index in [1.165, 1.54) is 0 Å². The molecule has 0 aliphatic heterocycles. The summed E-state index contributed by atoms with van der Waals surface area (Å²) in [7, 11) is 1.54. The maximum Gasteiger partial charge on any atom is 0.138 e. The van der Waals surface area contributed by atoms with Crippen LogP contribution in [0.2, 0.25) is 10.0 Å². The minimum Gasteiger partial charge on any atom is -0.495 e. The van der Waals surface area contributed by atoms with Crippen LogP contribution in [0.15, 0.2) is 39.3 Å². The minimum absolute atomic E-state index is 0.419. The van der Waals surface area contributed by atoms with Crippen LogP contribution in [0.3, 0.4) is 0 Å². The Kier molecular flexibility index (Phi) is 5.66. The molecular formula is C14H9Br2Cl3O. The van der Waals surface area contributed by atoms with Crippen LogP contribution in [0.1, 0.15) is 16.5 Å². The van der Waals surface area contributed by atoms with Crippen molar-refractivity contribution in [3.8, 4) is 5.75 Å². The molecule has 0 aliphatic carbocycles. The third-order valence-electron chi connectivity index (χ3n) is 2.78. The largest absolute Gasteiger partial charge is 0.495 e. The Labute approximate surface area is 149 Å².